The molecule has 1 amide bonds. The van der Waals surface area contributed by atoms with E-state index in [1.54, 1.807) is 13.0 Å². The molecule has 3 rings (SSSR count). The van der Waals surface area contributed by atoms with Crippen LogP contribution in [0.5, 0.6) is 0 Å². The fourth-order valence-electron chi connectivity index (χ4n) is 3.53. The van der Waals surface area contributed by atoms with Crippen LogP contribution in [-0.4, -0.2) is 41.7 Å². The number of halogens is 3. The quantitative estimate of drug-likeness (QED) is 0.688. The summed E-state index contributed by atoms with van der Waals surface area (Å²) in [4.78, 5) is 14.2. The van der Waals surface area contributed by atoms with E-state index in [9.17, 15) is 18.0 Å². The van der Waals surface area contributed by atoms with Crippen molar-refractivity contribution in [3.63, 3.8) is 0 Å². The lowest BCUT2D eigenvalue weighted by Gasteiger charge is -2.38. The first-order chi connectivity index (χ1) is 14.2. The van der Waals surface area contributed by atoms with Crippen LogP contribution in [0, 0.1) is 5.92 Å². The third-order valence-corrected chi connectivity index (χ3v) is 5.38. The summed E-state index contributed by atoms with van der Waals surface area (Å²) >= 11 is 0. The fourth-order valence-corrected chi connectivity index (χ4v) is 3.53. The lowest BCUT2D eigenvalue weighted by Crippen LogP contribution is -2.54. The number of carbonyl (C=O) groups excluding carboxylic acids is 1. The van der Waals surface area contributed by atoms with Crippen molar-refractivity contribution in [3.05, 3.63) is 70.8 Å². The maximum atomic E-state index is 12.8. The van der Waals surface area contributed by atoms with Gasteiger partial charge in [0.1, 0.15) is 0 Å². The Morgan fingerprint density at radius 3 is 2.37 bits per heavy atom. The van der Waals surface area contributed by atoms with Crippen LogP contribution in [-0.2, 0) is 30.4 Å². The van der Waals surface area contributed by atoms with Gasteiger partial charge in [-0.05, 0) is 42.5 Å². The molecule has 0 aliphatic carbocycles. The zero-order chi connectivity index (χ0) is 21.7. The lowest BCUT2D eigenvalue weighted by atomic mass is 9.97. The molecular weight excluding hydrogens is 393 g/mol. The van der Waals surface area contributed by atoms with Crippen LogP contribution < -0.4 is 5.32 Å². The molecule has 4 nitrogen and oxygen atoms in total. The minimum atomic E-state index is -4.31. The number of benzene rings is 2. The maximum absolute atomic E-state index is 12.8. The van der Waals surface area contributed by atoms with E-state index in [0.29, 0.717) is 31.5 Å². The van der Waals surface area contributed by atoms with Crippen LogP contribution in [0.4, 0.5) is 13.2 Å². The molecule has 0 spiro atoms. The molecule has 2 aromatic carbocycles. The molecule has 1 aliphatic rings. The highest BCUT2D eigenvalue weighted by molar-refractivity contribution is 5.80. The average molecular weight is 420 g/mol. The molecule has 2 aromatic rings. The van der Waals surface area contributed by atoms with Crippen molar-refractivity contribution >= 4 is 5.91 Å². The molecule has 0 aromatic heterocycles. The first-order valence-electron chi connectivity index (χ1n) is 10.1. The molecule has 1 heterocycles. The molecule has 1 saturated heterocycles. The normalized spacial score (nSPS) is 16.2. The first kappa shape index (κ1) is 22.3. The molecule has 0 radical (unpaired) electrons. The number of likely N-dealkylation sites (tertiary alicyclic amines) is 1. The second kappa shape index (κ2) is 9.62. The molecule has 162 valence electrons. The molecule has 1 atom stereocenters. The van der Waals surface area contributed by atoms with E-state index in [4.69, 9.17) is 5.11 Å². The number of nitrogens with one attached hydrogen (secondary N) is 1. The predicted molar refractivity (Wildman–Crippen MR) is 109 cm³/mol. The molecule has 1 aliphatic heterocycles. The van der Waals surface area contributed by atoms with Crippen LogP contribution in [0.1, 0.15) is 29.2 Å². The van der Waals surface area contributed by atoms with Gasteiger partial charge < -0.3 is 10.4 Å². The highest BCUT2D eigenvalue weighted by Gasteiger charge is 2.33. The molecule has 0 saturated carbocycles. The standard InChI is InChI=1S/C23H27F3N2O2/c1-16(15-29)27-22(30)20-13-28(14-20)12-19-9-6-17(7-10-19)5-8-18-3-2-4-21(11-18)23(24,25)26/h2-4,6-7,9-11,16,20,29H,5,8,12-15H2,1H3,(H,27,30)/t16-/m0/s1. The van der Waals surface area contributed by atoms with Crippen LogP contribution in [0.25, 0.3) is 0 Å². The topological polar surface area (TPSA) is 52.6 Å². The Labute approximate surface area is 174 Å². The predicted octanol–water partition coefficient (Wildman–Crippen LogP) is 3.42. The summed E-state index contributed by atoms with van der Waals surface area (Å²) in [6, 6.07) is 13.3. The van der Waals surface area contributed by atoms with Crippen LogP contribution in [0.2, 0.25) is 0 Å². The van der Waals surface area contributed by atoms with Crippen molar-refractivity contribution in [2.45, 2.75) is 38.5 Å². The average Bonchev–Trinajstić information content (AvgIpc) is 2.69. The summed E-state index contributed by atoms with van der Waals surface area (Å²) in [5.74, 6) is -0.0523. The van der Waals surface area contributed by atoms with Crippen molar-refractivity contribution in [3.8, 4) is 0 Å². The van der Waals surface area contributed by atoms with E-state index in [0.717, 1.165) is 23.7 Å². The number of alkyl halides is 3. The zero-order valence-corrected chi connectivity index (χ0v) is 17.0. The van der Waals surface area contributed by atoms with Crippen LogP contribution in [0.15, 0.2) is 48.5 Å². The maximum Gasteiger partial charge on any atom is 0.416 e. The number of nitrogens with zero attached hydrogens (tertiary/aromatic N) is 1. The Morgan fingerprint density at radius 1 is 1.10 bits per heavy atom. The second-order valence-electron chi connectivity index (χ2n) is 8.00. The highest BCUT2D eigenvalue weighted by atomic mass is 19.4. The molecule has 2 N–H and O–H groups in total. The van der Waals surface area contributed by atoms with E-state index < -0.39 is 11.7 Å². The van der Waals surface area contributed by atoms with E-state index >= 15 is 0 Å². The molecule has 30 heavy (non-hydrogen) atoms. The number of aliphatic hydroxyl groups excluding tert-OH is 1. The Morgan fingerprint density at radius 2 is 1.73 bits per heavy atom. The van der Waals surface area contributed by atoms with Crippen molar-refractivity contribution < 1.29 is 23.1 Å². The number of hydrogen-bond acceptors (Lipinski definition) is 3. The summed E-state index contributed by atoms with van der Waals surface area (Å²) in [5, 5.41) is 11.8. The van der Waals surface area contributed by atoms with Gasteiger partial charge in [-0.1, -0.05) is 42.5 Å². The van der Waals surface area contributed by atoms with Gasteiger partial charge in [0, 0.05) is 25.7 Å². The summed E-state index contributed by atoms with van der Waals surface area (Å²) in [6.45, 7) is 3.85. The Balaban J connectivity index is 1.44. The first-order valence-corrected chi connectivity index (χ1v) is 10.1. The minimum Gasteiger partial charge on any atom is -0.394 e. The number of hydrogen-bond donors (Lipinski definition) is 2. The van der Waals surface area contributed by atoms with Gasteiger partial charge in [0.2, 0.25) is 5.91 Å². The van der Waals surface area contributed by atoms with E-state index in [1.165, 1.54) is 12.1 Å². The van der Waals surface area contributed by atoms with Crippen molar-refractivity contribution in [1.29, 1.82) is 0 Å². The number of carbonyl (C=O) groups is 1. The zero-order valence-electron chi connectivity index (χ0n) is 17.0. The van der Waals surface area contributed by atoms with Crippen molar-refractivity contribution in [2.75, 3.05) is 19.7 Å². The summed E-state index contributed by atoms with van der Waals surface area (Å²) < 4.78 is 38.5. The summed E-state index contributed by atoms with van der Waals surface area (Å²) in [6.07, 6.45) is -3.08. The molecule has 1 fully saturated rings. The summed E-state index contributed by atoms with van der Waals surface area (Å²) in [7, 11) is 0. The van der Waals surface area contributed by atoms with Gasteiger partial charge in [0.15, 0.2) is 0 Å². The number of aliphatic hydroxyl groups is 1. The minimum absolute atomic E-state index is 0.0160. The van der Waals surface area contributed by atoms with Gasteiger partial charge in [-0.15, -0.1) is 0 Å². The van der Waals surface area contributed by atoms with Gasteiger partial charge >= 0.3 is 6.18 Å². The SMILES string of the molecule is C[C@@H](CO)NC(=O)C1CN(Cc2ccc(CCc3cccc(C(F)(F)F)c3)cc2)C1. The second-order valence-corrected chi connectivity index (χ2v) is 8.00. The van der Waals surface area contributed by atoms with Crippen molar-refractivity contribution in [2.24, 2.45) is 5.92 Å². The Kier molecular flexibility index (Phi) is 7.15. The largest absolute Gasteiger partial charge is 0.416 e. The lowest BCUT2D eigenvalue weighted by molar-refractivity contribution is -0.137. The van der Waals surface area contributed by atoms with Crippen LogP contribution >= 0.6 is 0 Å². The monoisotopic (exact) mass is 420 g/mol. The number of rotatable bonds is 8. The summed E-state index contributed by atoms with van der Waals surface area (Å²) in [5.41, 5.74) is 2.28. The van der Waals surface area contributed by atoms with Crippen LogP contribution in [0.3, 0.4) is 0 Å². The Hall–Kier alpha value is -2.38. The Bertz CT molecular complexity index is 846. The van der Waals surface area contributed by atoms with Gasteiger partial charge in [0.25, 0.3) is 0 Å². The molecule has 0 unspecified atom stereocenters. The number of aryl methyl sites for hydroxylation is 2. The van der Waals surface area contributed by atoms with Gasteiger partial charge in [-0.3, -0.25) is 9.69 Å². The van der Waals surface area contributed by atoms with Crippen molar-refractivity contribution in [1.82, 2.24) is 10.2 Å². The van der Waals surface area contributed by atoms with Gasteiger partial charge in [-0.2, -0.15) is 13.2 Å². The fraction of sp³-hybridized carbons (Fsp3) is 0.435. The molecular formula is C23H27F3N2O2. The smallest absolute Gasteiger partial charge is 0.394 e. The van der Waals surface area contributed by atoms with Gasteiger partial charge in [-0.25, -0.2) is 0 Å². The van der Waals surface area contributed by atoms with E-state index in [2.05, 4.69) is 10.2 Å². The van der Waals surface area contributed by atoms with E-state index in [1.807, 2.05) is 24.3 Å². The van der Waals surface area contributed by atoms with E-state index in [-0.39, 0.29) is 24.5 Å². The molecule has 7 heteroatoms. The third kappa shape index (κ3) is 6.06. The molecule has 0 bridgehead atoms. The highest BCUT2D eigenvalue weighted by Crippen LogP contribution is 2.29. The third-order valence-electron chi connectivity index (χ3n) is 5.38. The van der Waals surface area contributed by atoms with Gasteiger partial charge in [0.05, 0.1) is 18.1 Å². The number of amides is 1.